The zero-order chi connectivity index (χ0) is 18.4. The molecule has 1 aromatic rings. The van der Waals surface area contributed by atoms with E-state index < -0.39 is 10.0 Å². The molecule has 0 unspecified atom stereocenters. The van der Waals surface area contributed by atoms with Gasteiger partial charge in [-0.2, -0.15) is 0 Å². The number of aryl methyl sites for hydroxylation is 2. The molecule has 2 rings (SSSR count). The highest BCUT2D eigenvalue weighted by atomic mass is 32.2. The molecule has 0 aliphatic carbocycles. The number of anilines is 1. The van der Waals surface area contributed by atoms with Crippen molar-refractivity contribution in [2.75, 3.05) is 30.2 Å². The number of likely N-dealkylation sites (tertiary alicyclic amines) is 1. The van der Waals surface area contributed by atoms with Crippen LogP contribution in [0.15, 0.2) is 18.2 Å². The number of carbonyl (C=O) groups is 1. The monoisotopic (exact) mass is 366 g/mol. The van der Waals surface area contributed by atoms with Gasteiger partial charge in [-0.3, -0.25) is 9.10 Å². The summed E-state index contributed by atoms with van der Waals surface area (Å²) in [6.07, 6.45) is 6.91. The van der Waals surface area contributed by atoms with E-state index in [2.05, 4.69) is 0 Å². The molecule has 0 spiro atoms. The van der Waals surface area contributed by atoms with Crippen molar-refractivity contribution in [2.45, 2.75) is 52.4 Å². The maximum atomic E-state index is 12.8. The van der Waals surface area contributed by atoms with Gasteiger partial charge in [-0.15, -0.1) is 0 Å². The van der Waals surface area contributed by atoms with E-state index in [-0.39, 0.29) is 12.5 Å². The van der Waals surface area contributed by atoms with Crippen molar-refractivity contribution in [3.8, 4) is 0 Å². The summed E-state index contributed by atoms with van der Waals surface area (Å²) in [5.41, 5.74) is 2.63. The predicted molar refractivity (Wildman–Crippen MR) is 102 cm³/mol. The Hall–Kier alpha value is -1.56. The lowest BCUT2D eigenvalue weighted by atomic mass is 10.0. The summed E-state index contributed by atoms with van der Waals surface area (Å²) in [6, 6.07) is 5.85. The first-order valence-electron chi connectivity index (χ1n) is 9.24. The molecule has 0 bridgehead atoms. The minimum absolute atomic E-state index is 0.0970. The van der Waals surface area contributed by atoms with Crippen LogP contribution in [0.1, 0.15) is 50.7 Å². The molecule has 6 heteroatoms. The van der Waals surface area contributed by atoms with Crippen molar-refractivity contribution in [2.24, 2.45) is 0 Å². The maximum absolute atomic E-state index is 12.8. The Morgan fingerprint density at radius 3 is 2.00 bits per heavy atom. The fraction of sp³-hybridized carbons (Fsp3) is 0.632. The number of sulfonamides is 1. The number of rotatable bonds is 6. The van der Waals surface area contributed by atoms with Crippen LogP contribution in [-0.4, -0.2) is 45.1 Å². The summed E-state index contributed by atoms with van der Waals surface area (Å²) in [5, 5.41) is 0. The number of benzene rings is 1. The fourth-order valence-corrected chi connectivity index (χ4v) is 4.35. The lowest BCUT2D eigenvalue weighted by Crippen LogP contribution is -2.43. The molecule has 1 amide bonds. The summed E-state index contributed by atoms with van der Waals surface area (Å²) in [5.74, 6) is -0.0970. The van der Waals surface area contributed by atoms with Crippen LogP contribution in [0.3, 0.4) is 0 Å². The first-order valence-corrected chi connectivity index (χ1v) is 11.1. The minimum Gasteiger partial charge on any atom is -0.341 e. The average molecular weight is 367 g/mol. The number of hydrogen-bond acceptors (Lipinski definition) is 3. The molecule has 5 nitrogen and oxygen atoms in total. The summed E-state index contributed by atoms with van der Waals surface area (Å²) in [7, 11) is -3.54. The third-order valence-corrected chi connectivity index (χ3v) is 5.96. The van der Waals surface area contributed by atoms with Gasteiger partial charge in [-0.1, -0.05) is 44.9 Å². The van der Waals surface area contributed by atoms with E-state index in [1.165, 1.54) is 10.6 Å². The van der Waals surface area contributed by atoms with Gasteiger partial charge < -0.3 is 4.90 Å². The number of carbonyl (C=O) groups excluding carboxylic acids is 1. The minimum atomic E-state index is -3.54. The SMILES string of the molecule is CCc1cccc(CC)c1N(CC(=O)N1CCCCCC1)S(C)(=O)=O. The first kappa shape index (κ1) is 19.8. The largest absolute Gasteiger partial charge is 0.341 e. The van der Waals surface area contributed by atoms with Crippen LogP contribution in [0.4, 0.5) is 5.69 Å². The fourth-order valence-electron chi connectivity index (χ4n) is 3.44. The molecule has 140 valence electrons. The third kappa shape index (κ3) is 4.97. The van der Waals surface area contributed by atoms with Crippen LogP contribution in [0.5, 0.6) is 0 Å². The van der Waals surface area contributed by atoms with Crippen molar-refractivity contribution in [3.63, 3.8) is 0 Å². The van der Waals surface area contributed by atoms with Crippen molar-refractivity contribution in [3.05, 3.63) is 29.3 Å². The predicted octanol–water partition coefficient (Wildman–Crippen LogP) is 2.98. The van der Waals surface area contributed by atoms with E-state index in [9.17, 15) is 13.2 Å². The van der Waals surface area contributed by atoms with Crippen molar-refractivity contribution in [1.29, 1.82) is 0 Å². The van der Waals surface area contributed by atoms with Crippen molar-refractivity contribution < 1.29 is 13.2 Å². The zero-order valence-corrected chi connectivity index (χ0v) is 16.4. The Labute approximate surface area is 152 Å². The van der Waals surface area contributed by atoms with Gasteiger partial charge in [0.2, 0.25) is 15.9 Å². The van der Waals surface area contributed by atoms with Gasteiger partial charge in [0.25, 0.3) is 0 Å². The van der Waals surface area contributed by atoms with Crippen LogP contribution < -0.4 is 4.31 Å². The number of para-hydroxylation sites is 1. The smallest absolute Gasteiger partial charge is 0.243 e. The van der Waals surface area contributed by atoms with Crippen LogP contribution >= 0.6 is 0 Å². The van der Waals surface area contributed by atoms with Crippen molar-refractivity contribution >= 4 is 21.6 Å². The molecule has 0 N–H and O–H groups in total. The normalized spacial score (nSPS) is 15.7. The Morgan fingerprint density at radius 2 is 1.56 bits per heavy atom. The van der Waals surface area contributed by atoms with E-state index in [1.54, 1.807) is 0 Å². The standard InChI is InChI=1S/C19H30N2O3S/c1-4-16-11-10-12-17(5-2)19(16)21(25(3,23)24)15-18(22)20-13-8-6-7-9-14-20/h10-12H,4-9,13-15H2,1-3H3. The van der Waals surface area contributed by atoms with E-state index in [0.717, 1.165) is 62.7 Å². The van der Waals surface area contributed by atoms with E-state index in [4.69, 9.17) is 0 Å². The molecule has 0 aromatic heterocycles. The molecular formula is C19H30N2O3S. The van der Waals surface area contributed by atoms with Gasteiger partial charge in [0.1, 0.15) is 6.54 Å². The number of nitrogens with zero attached hydrogens (tertiary/aromatic N) is 2. The molecule has 0 atom stereocenters. The van der Waals surface area contributed by atoms with Gasteiger partial charge >= 0.3 is 0 Å². The maximum Gasteiger partial charge on any atom is 0.243 e. The van der Waals surface area contributed by atoms with Crippen molar-refractivity contribution in [1.82, 2.24) is 4.90 Å². The summed E-state index contributed by atoms with van der Waals surface area (Å²) in [6.45, 7) is 5.37. The molecule has 1 aliphatic heterocycles. The van der Waals surface area contributed by atoms with Gasteiger partial charge in [0, 0.05) is 13.1 Å². The summed E-state index contributed by atoms with van der Waals surface area (Å²) < 4.78 is 26.3. The van der Waals surface area contributed by atoms with Gasteiger partial charge in [0.15, 0.2) is 0 Å². The highest BCUT2D eigenvalue weighted by Crippen LogP contribution is 2.29. The Kier molecular flexibility index (Phi) is 6.87. The second-order valence-electron chi connectivity index (χ2n) is 6.70. The van der Waals surface area contributed by atoms with Crippen LogP contribution in [0.25, 0.3) is 0 Å². The Morgan fingerprint density at radius 1 is 1.04 bits per heavy atom. The molecular weight excluding hydrogens is 336 g/mol. The molecule has 1 aromatic carbocycles. The Bertz CT molecular complexity index is 670. The van der Waals surface area contributed by atoms with E-state index in [0.29, 0.717) is 5.69 Å². The van der Waals surface area contributed by atoms with Gasteiger partial charge in [0.05, 0.1) is 11.9 Å². The summed E-state index contributed by atoms with van der Waals surface area (Å²) >= 11 is 0. The molecule has 1 heterocycles. The summed E-state index contributed by atoms with van der Waals surface area (Å²) in [4.78, 5) is 14.6. The number of amides is 1. The van der Waals surface area contributed by atoms with Crippen LogP contribution in [-0.2, 0) is 27.7 Å². The molecule has 25 heavy (non-hydrogen) atoms. The Balaban J connectivity index is 2.36. The van der Waals surface area contributed by atoms with E-state index >= 15 is 0 Å². The molecule has 1 saturated heterocycles. The topological polar surface area (TPSA) is 57.7 Å². The average Bonchev–Trinajstić information content (AvgIpc) is 2.87. The van der Waals surface area contributed by atoms with Crippen LogP contribution in [0, 0.1) is 0 Å². The zero-order valence-electron chi connectivity index (χ0n) is 15.6. The molecule has 0 saturated carbocycles. The molecule has 1 fully saturated rings. The quantitative estimate of drug-likeness (QED) is 0.778. The first-order chi connectivity index (χ1) is 11.9. The lowest BCUT2D eigenvalue weighted by Gasteiger charge is -2.29. The molecule has 0 radical (unpaired) electrons. The van der Waals surface area contributed by atoms with Gasteiger partial charge in [-0.25, -0.2) is 8.42 Å². The van der Waals surface area contributed by atoms with Crippen LogP contribution in [0.2, 0.25) is 0 Å². The van der Waals surface area contributed by atoms with Gasteiger partial charge in [-0.05, 0) is 36.8 Å². The lowest BCUT2D eigenvalue weighted by molar-refractivity contribution is -0.129. The number of hydrogen-bond donors (Lipinski definition) is 0. The third-order valence-electron chi connectivity index (χ3n) is 4.85. The van der Waals surface area contributed by atoms with E-state index in [1.807, 2.05) is 36.9 Å². The molecule has 1 aliphatic rings. The second-order valence-corrected chi connectivity index (χ2v) is 8.60. The second kappa shape index (κ2) is 8.70. The highest BCUT2D eigenvalue weighted by Gasteiger charge is 2.27. The highest BCUT2D eigenvalue weighted by molar-refractivity contribution is 7.92.